The summed E-state index contributed by atoms with van der Waals surface area (Å²) in [6.45, 7) is 4.90. The summed E-state index contributed by atoms with van der Waals surface area (Å²) in [6.07, 6.45) is 2.90. The van der Waals surface area contributed by atoms with E-state index in [0.717, 1.165) is 0 Å². The summed E-state index contributed by atoms with van der Waals surface area (Å²) in [6, 6.07) is 15.4. The third-order valence-corrected chi connectivity index (χ3v) is 6.09. The monoisotopic (exact) mass is 499 g/mol. The van der Waals surface area contributed by atoms with Crippen LogP contribution in [0.3, 0.4) is 0 Å². The summed E-state index contributed by atoms with van der Waals surface area (Å²) in [5.41, 5.74) is 0.719. The first-order valence-corrected chi connectivity index (χ1v) is 11.5. The average molecular weight is 500 g/mol. The molecule has 0 atom stereocenters. The van der Waals surface area contributed by atoms with Crippen molar-refractivity contribution in [1.29, 1.82) is 0 Å². The Hall–Kier alpha value is -1.45. The number of fused-ring (bicyclic) bond motifs is 1. The molecule has 2 aromatic heterocycles. The molecule has 4 aromatic rings. The first kappa shape index (κ1) is 26.8. The predicted octanol–water partition coefficient (Wildman–Crippen LogP) is 1.79. The molecule has 0 fully saturated rings. The van der Waals surface area contributed by atoms with Crippen LogP contribution in [-0.4, -0.2) is 28.0 Å². The minimum absolute atomic E-state index is 0. The third-order valence-electron chi connectivity index (χ3n) is 3.95. The summed E-state index contributed by atoms with van der Waals surface area (Å²) in [5, 5.41) is 11.1. The molecule has 2 aromatic carbocycles. The van der Waals surface area contributed by atoms with Gasteiger partial charge in [-0.25, -0.2) is 22.4 Å². The van der Waals surface area contributed by atoms with Crippen molar-refractivity contribution in [1.82, 2.24) is 13.9 Å². The molecule has 0 bridgehead atoms. The summed E-state index contributed by atoms with van der Waals surface area (Å²) in [7, 11) is -3.78. The Balaban J connectivity index is 0.000000548. The molecule has 0 saturated carbocycles. The van der Waals surface area contributed by atoms with Crippen LogP contribution in [0.15, 0.2) is 71.9 Å². The SMILES string of the molecule is CC(C)(C)[O-].O=S(=O)(c1ccccc1)n1cc(-c2nc(Cl)ncc2Cl)c2ccccc21.[Na+]. The molecule has 0 unspecified atom stereocenters. The van der Waals surface area contributed by atoms with Gasteiger partial charge >= 0.3 is 29.6 Å². The molecule has 0 aliphatic carbocycles. The standard InChI is InChI=1S/C18H11Cl2N3O2S.C4H9O.Na/c19-15-10-21-18(20)22-17(15)14-11-23(16-9-5-4-8-13(14)16)26(24,25)12-6-2-1-3-7-12;1-4(2,3)5;/h1-11H;1-3H3;/q;-1;+1. The van der Waals surface area contributed by atoms with Gasteiger partial charge in [-0.1, -0.05) is 68.8 Å². The second-order valence-electron chi connectivity index (χ2n) is 7.62. The zero-order chi connectivity index (χ0) is 22.8. The molecule has 0 radical (unpaired) electrons. The molecule has 0 spiro atoms. The number of hydrogen-bond donors (Lipinski definition) is 0. The van der Waals surface area contributed by atoms with Crippen molar-refractivity contribution in [2.24, 2.45) is 0 Å². The summed E-state index contributed by atoms with van der Waals surface area (Å²) in [4.78, 5) is 8.21. The smallest absolute Gasteiger partial charge is 0.850 e. The fraction of sp³-hybridized carbons (Fsp3) is 0.182. The van der Waals surface area contributed by atoms with Gasteiger partial charge in [0.15, 0.2) is 0 Å². The molecule has 2 heterocycles. The van der Waals surface area contributed by atoms with Crippen LogP contribution in [-0.2, 0) is 10.0 Å². The molecular weight excluding hydrogens is 480 g/mol. The van der Waals surface area contributed by atoms with E-state index in [-0.39, 0.29) is 44.8 Å². The number of para-hydroxylation sites is 1. The van der Waals surface area contributed by atoms with Crippen LogP contribution in [0.5, 0.6) is 0 Å². The van der Waals surface area contributed by atoms with Gasteiger partial charge in [0, 0.05) is 17.1 Å². The van der Waals surface area contributed by atoms with E-state index in [1.165, 1.54) is 16.4 Å². The fourth-order valence-electron chi connectivity index (χ4n) is 2.78. The number of aromatic nitrogens is 3. The third kappa shape index (κ3) is 6.32. The van der Waals surface area contributed by atoms with E-state index in [1.807, 2.05) is 12.1 Å². The fourth-order valence-corrected chi connectivity index (χ4v) is 4.49. The van der Waals surface area contributed by atoms with Crippen LogP contribution < -0.4 is 34.7 Å². The van der Waals surface area contributed by atoms with Crippen LogP contribution in [0.25, 0.3) is 22.2 Å². The summed E-state index contributed by atoms with van der Waals surface area (Å²) in [5.74, 6) is 0. The number of rotatable bonds is 3. The van der Waals surface area contributed by atoms with Crippen LogP contribution in [0.4, 0.5) is 0 Å². The molecule has 10 heteroatoms. The maximum Gasteiger partial charge on any atom is 1.00 e. The normalized spacial score (nSPS) is 11.4. The number of halogens is 2. The van der Waals surface area contributed by atoms with Gasteiger partial charge in [-0.05, 0) is 29.8 Å². The van der Waals surface area contributed by atoms with Crippen molar-refractivity contribution in [2.45, 2.75) is 31.3 Å². The molecule has 0 N–H and O–H groups in total. The molecule has 6 nitrogen and oxygen atoms in total. The van der Waals surface area contributed by atoms with Crippen molar-refractivity contribution in [3.8, 4) is 11.3 Å². The van der Waals surface area contributed by atoms with Crippen LogP contribution in [0.2, 0.25) is 10.3 Å². The zero-order valence-corrected chi connectivity index (χ0v) is 22.4. The second kappa shape index (κ2) is 10.7. The van der Waals surface area contributed by atoms with Crippen molar-refractivity contribution < 1.29 is 43.1 Å². The van der Waals surface area contributed by atoms with E-state index in [2.05, 4.69) is 9.97 Å². The van der Waals surface area contributed by atoms with Gasteiger partial charge in [0.05, 0.1) is 27.3 Å². The number of hydrogen-bond acceptors (Lipinski definition) is 5. The van der Waals surface area contributed by atoms with E-state index in [9.17, 15) is 13.5 Å². The first-order chi connectivity index (χ1) is 14.5. The molecule has 0 amide bonds. The average Bonchev–Trinajstić information content (AvgIpc) is 3.10. The zero-order valence-electron chi connectivity index (χ0n) is 18.1. The second-order valence-corrected chi connectivity index (χ2v) is 10.2. The van der Waals surface area contributed by atoms with Crippen LogP contribution in [0, 0.1) is 0 Å². The molecule has 0 saturated heterocycles. The predicted molar refractivity (Wildman–Crippen MR) is 122 cm³/mol. The molecule has 0 aliphatic rings. The van der Waals surface area contributed by atoms with Gasteiger partial charge in [0.25, 0.3) is 10.0 Å². The van der Waals surface area contributed by atoms with Gasteiger partial charge in [-0.3, -0.25) is 0 Å². The number of benzene rings is 2. The van der Waals surface area contributed by atoms with E-state index in [4.69, 9.17) is 23.2 Å². The topological polar surface area (TPSA) is 87.9 Å². The maximum absolute atomic E-state index is 13.1. The Bertz CT molecular complexity index is 1320. The van der Waals surface area contributed by atoms with E-state index >= 15 is 0 Å². The van der Waals surface area contributed by atoms with Gasteiger partial charge < -0.3 is 5.11 Å². The Morgan fingerprint density at radius 1 is 0.969 bits per heavy atom. The Morgan fingerprint density at radius 3 is 2.16 bits per heavy atom. The summed E-state index contributed by atoms with van der Waals surface area (Å²) >= 11 is 12.1. The molecule has 0 aliphatic heterocycles. The molecular formula is C22H20Cl2N3NaO3S. The van der Waals surface area contributed by atoms with Gasteiger partial charge in [0.1, 0.15) is 0 Å². The van der Waals surface area contributed by atoms with Crippen molar-refractivity contribution in [3.05, 3.63) is 77.3 Å². The van der Waals surface area contributed by atoms with E-state index < -0.39 is 15.6 Å². The first-order valence-electron chi connectivity index (χ1n) is 9.28. The van der Waals surface area contributed by atoms with E-state index in [0.29, 0.717) is 22.2 Å². The maximum atomic E-state index is 13.1. The quantitative estimate of drug-likeness (QED) is 0.316. The van der Waals surface area contributed by atoms with Gasteiger partial charge in [-0.15, -0.1) is 5.60 Å². The summed E-state index contributed by atoms with van der Waals surface area (Å²) < 4.78 is 27.5. The van der Waals surface area contributed by atoms with Gasteiger partial charge in [0.2, 0.25) is 5.28 Å². The molecule has 32 heavy (non-hydrogen) atoms. The van der Waals surface area contributed by atoms with Crippen LogP contribution in [0.1, 0.15) is 20.8 Å². The van der Waals surface area contributed by atoms with Crippen molar-refractivity contribution in [2.75, 3.05) is 0 Å². The largest absolute Gasteiger partial charge is 1.00 e. The van der Waals surface area contributed by atoms with E-state index in [1.54, 1.807) is 63.2 Å². The Morgan fingerprint density at radius 2 is 1.53 bits per heavy atom. The minimum atomic E-state index is -3.78. The van der Waals surface area contributed by atoms with Crippen LogP contribution >= 0.6 is 23.2 Å². The molecule has 162 valence electrons. The van der Waals surface area contributed by atoms with Crippen molar-refractivity contribution >= 4 is 44.1 Å². The Kier molecular flexibility index (Phi) is 8.92. The number of nitrogens with zero attached hydrogens (tertiary/aromatic N) is 3. The minimum Gasteiger partial charge on any atom is -0.850 e. The van der Waals surface area contributed by atoms with Gasteiger partial charge in [-0.2, -0.15) is 0 Å². The molecule has 4 rings (SSSR count). The van der Waals surface area contributed by atoms with Crippen molar-refractivity contribution in [3.63, 3.8) is 0 Å². The Labute approximate surface area is 219 Å².